The number of carbonyl (C=O) groups excluding carboxylic acids is 1. The van der Waals surface area contributed by atoms with Crippen LogP contribution in [0.25, 0.3) is 5.82 Å². The normalized spacial score (nSPS) is 10.3. The number of amides is 1. The van der Waals surface area contributed by atoms with E-state index < -0.39 is 0 Å². The zero-order valence-electron chi connectivity index (χ0n) is 12.2. The van der Waals surface area contributed by atoms with Crippen molar-refractivity contribution in [2.24, 2.45) is 0 Å². The molecule has 0 unspecified atom stereocenters. The molecule has 7 heteroatoms. The average Bonchev–Trinajstić information content (AvgIpc) is 3.02. The maximum atomic E-state index is 12.3. The van der Waals surface area contributed by atoms with Crippen molar-refractivity contribution < 1.29 is 9.53 Å². The second-order valence-corrected chi connectivity index (χ2v) is 5.58. The number of pyridine rings is 1. The molecule has 0 atom stereocenters. The predicted octanol–water partition coefficient (Wildman–Crippen LogP) is 3.29. The summed E-state index contributed by atoms with van der Waals surface area (Å²) in [4.78, 5) is 16.6. The van der Waals surface area contributed by atoms with Gasteiger partial charge in [-0.25, -0.2) is 9.67 Å². The van der Waals surface area contributed by atoms with Gasteiger partial charge in [0.1, 0.15) is 5.75 Å². The zero-order valence-corrected chi connectivity index (χ0v) is 13.8. The van der Waals surface area contributed by atoms with Gasteiger partial charge in [0.2, 0.25) is 0 Å². The Hall–Kier alpha value is -2.67. The van der Waals surface area contributed by atoms with Crippen molar-refractivity contribution in [1.29, 1.82) is 0 Å². The van der Waals surface area contributed by atoms with Crippen LogP contribution in [0, 0.1) is 0 Å². The lowest BCUT2D eigenvalue weighted by molar-refractivity contribution is 0.102. The summed E-state index contributed by atoms with van der Waals surface area (Å²) in [7, 11) is 1.53. The van der Waals surface area contributed by atoms with Crippen LogP contribution in [0.2, 0.25) is 0 Å². The average molecular weight is 373 g/mol. The Bertz CT molecular complexity index is 830. The number of aromatic nitrogens is 3. The smallest absolute Gasteiger partial charge is 0.259 e. The molecule has 0 aliphatic heterocycles. The maximum Gasteiger partial charge on any atom is 0.259 e. The largest absolute Gasteiger partial charge is 0.496 e. The fraction of sp³-hybridized carbons (Fsp3) is 0.0625. The summed E-state index contributed by atoms with van der Waals surface area (Å²) >= 11 is 3.34. The zero-order chi connectivity index (χ0) is 16.2. The highest BCUT2D eigenvalue weighted by atomic mass is 79.9. The van der Waals surface area contributed by atoms with Crippen molar-refractivity contribution >= 4 is 27.5 Å². The minimum atomic E-state index is -0.251. The highest BCUT2D eigenvalue weighted by Gasteiger charge is 2.11. The van der Waals surface area contributed by atoms with E-state index in [4.69, 9.17) is 4.74 Å². The van der Waals surface area contributed by atoms with E-state index in [9.17, 15) is 4.79 Å². The molecule has 0 fully saturated rings. The van der Waals surface area contributed by atoms with Crippen LogP contribution >= 0.6 is 15.9 Å². The molecule has 0 aliphatic carbocycles. The van der Waals surface area contributed by atoms with Gasteiger partial charge in [0.15, 0.2) is 5.82 Å². The van der Waals surface area contributed by atoms with E-state index in [0.29, 0.717) is 22.8 Å². The van der Waals surface area contributed by atoms with Crippen LogP contribution in [0.15, 0.2) is 59.5 Å². The van der Waals surface area contributed by atoms with Crippen molar-refractivity contribution in [3.63, 3.8) is 0 Å². The van der Waals surface area contributed by atoms with Crippen LogP contribution in [0.3, 0.4) is 0 Å². The molecule has 0 bridgehead atoms. The monoisotopic (exact) mass is 372 g/mol. The van der Waals surface area contributed by atoms with Crippen molar-refractivity contribution in [1.82, 2.24) is 14.8 Å². The van der Waals surface area contributed by atoms with Gasteiger partial charge in [-0.05, 0) is 40.2 Å². The third kappa shape index (κ3) is 3.40. The van der Waals surface area contributed by atoms with Crippen molar-refractivity contribution in [2.45, 2.75) is 0 Å². The van der Waals surface area contributed by atoms with Crippen LogP contribution in [-0.4, -0.2) is 27.8 Å². The van der Waals surface area contributed by atoms with Crippen molar-refractivity contribution in [2.75, 3.05) is 12.4 Å². The molecule has 6 nitrogen and oxygen atoms in total. The standard InChI is InChI=1S/C16H13BrN4O2/c1-23-14-5-3-2-4-13(14)16(22)20-12-6-7-15(18-9-12)21-10-11(17)8-19-21/h2-10H,1H3,(H,20,22). The lowest BCUT2D eigenvalue weighted by atomic mass is 10.2. The molecule has 1 aromatic carbocycles. The van der Waals surface area contributed by atoms with E-state index in [2.05, 4.69) is 31.3 Å². The summed E-state index contributed by atoms with van der Waals surface area (Å²) in [6, 6.07) is 10.6. The number of hydrogen-bond acceptors (Lipinski definition) is 4. The first-order chi connectivity index (χ1) is 11.2. The molecule has 0 spiro atoms. The highest BCUT2D eigenvalue weighted by Crippen LogP contribution is 2.19. The van der Waals surface area contributed by atoms with Gasteiger partial charge < -0.3 is 10.1 Å². The SMILES string of the molecule is COc1ccccc1C(=O)Nc1ccc(-n2cc(Br)cn2)nc1. The van der Waals surface area contributed by atoms with Crippen molar-refractivity contribution in [3.05, 3.63) is 65.0 Å². The maximum absolute atomic E-state index is 12.3. The molecule has 2 aromatic heterocycles. The number of ether oxygens (including phenoxy) is 1. The number of carbonyl (C=O) groups is 1. The Labute approximate surface area is 141 Å². The topological polar surface area (TPSA) is 69.0 Å². The first-order valence-electron chi connectivity index (χ1n) is 6.78. The highest BCUT2D eigenvalue weighted by molar-refractivity contribution is 9.10. The molecule has 23 heavy (non-hydrogen) atoms. The molecule has 0 saturated carbocycles. The summed E-state index contributed by atoms with van der Waals surface area (Å²) in [5.74, 6) is 0.931. The molecule has 3 aromatic rings. The fourth-order valence-electron chi connectivity index (χ4n) is 2.05. The number of rotatable bonds is 4. The number of hydrogen-bond donors (Lipinski definition) is 1. The summed E-state index contributed by atoms with van der Waals surface area (Å²) < 4.78 is 7.69. The van der Waals surface area contributed by atoms with Gasteiger partial charge in [-0.15, -0.1) is 0 Å². The fourth-order valence-corrected chi connectivity index (χ4v) is 2.34. The first kappa shape index (κ1) is 15.2. The summed E-state index contributed by atoms with van der Waals surface area (Å²) in [6.07, 6.45) is 5.06. The second kappa shape index (κ2) is 6.62. The van der Waals surface area contributed by atoms with Crippen LogP contribution in [0.5, 0.6) is 5.75 Å². The molecule has 2 heterocycles. The Morgan fingerprint density at radius 3 is 2.70 bits per heavy atom. The minimum absolute atomic E-state index is 0.251. The van der Waals surface area contributed by atoms with E-state index in [0.717, 1.165) is 4.47 Å². The second-order valence-electron chi connectivity index (χ2n) is 4.66. The third-order valence-corrected chi connectivity index (χ3v) is 3.55. The van der Waals surface area contributed by atoms with Crippen LogP contribution in [0.1, 0.15) is 10.4 Å². The number of halogens is 1. The first-order valence-corrected chi connectivity index (χ1v) is 7.57. The van der Waals surface area contributed by atoms with Gasteiger partial charge in [-0.1, -0.05) is 12.1 Å². The molecular weight excluding hydrogens is 360 g/mol. The minimum Gasteiger partial charge on any atom is -0.496 e. The Kier molecular flexibility index (Phi) is 4.38. The van der Waals surface area contributed by atoms with Crippen molar-refractivity contribution in [3.8, 4) is 11.6 Å². The Balaban J connectivity index is 1.77. The number of nitrogens with one attached hydrogen (secondary N) is 1. The number of methoxy groups -OCH3 is 1. The summed E-state index contributed by atoms with van der Waals surface area (Å²) in [6.45, 7) is 0. The van der Waals surface area contributed by atoms with Gasteiger partial charge in [-0.3, -0.25) is 4.79 Å². The predicted molar refractivity (Wildman–Crippen MR) is 90.0 cm³/mol. The molecule has 116 valence electrons. The van der Waals surface area contributed by atoms with E-state index in [-0.39, 0.29) is 5.91 Å². The molecule has 1 N–H and O–H groups in total. The van der Waals surface area contributed by atoms with E-state index >= 15 is 0 Å². The Morgan fingerprint density at radius 2 is 2.04 bits per heavy atom. The molecule has 1 amide bonds. The quantitative estimate of drug-likeness (QED) is 0.762. The van der Waals surface area contributed by atoms with E-state index in [1.165, 1.54) is 7.11 Å². The lowest BCUT2D eigenvalue weighted by Gasteiger charge is -2.09. The number of benzene rings is 1. The van der Waals surface area contributed by atoms with E-state index in [1.807, 2.05) is 6.07 Å². The Morgan fingerprint density at radius 1 is 1.22 bits per heavy atom. The van der Waals surface area contributed by atoms with Gasteiger partial charge in [0, 0.05) is 6.20 Å². The molecule has 0 radical (unpaired) electrons. The van der Waals surface area contributed by atoms with Gasteiger partial charge >= 0.3 is 0 Å². The number of nitrogens with zero attached hydrogens (tertiary/aromatic N) is 3. The van der Waals surface area contributed by atoms with Gasteiger partial charge in [0.05, 0.1) is 35.2 Å². The van der Waals surface area contributed by atoms with Crippen LogP contribution in [-0.2, 0) is 0 Å². The number of para-hydroxylation sites is 1. The molecular formula is C16H13BrN4O2. The lowest BCUT2D eigenvalue weighted by Crippen LogP contribution is -2.13. The summed E-state index contributed by atoms with van der Waals surface area (Å²) in [5.41, 5.74) is 1.06. The third-order valence-electron chi connectivity index (χ3n) is 3.14. The van der Waals surface area contributed by atoms with Gasteiger partial charge in [-0.2, -0.15) is 5.10 Å². The van der Waals surface area contributed by atoms with E-state index in [1.54, 1.807) is 53.6 Å². The van der Waals surface area contributed by atoms with Crippen LogP contribution in [0.4, 0.5) is 5.69 Å². The summed E-state index contributed by atoms with van der Waals surface area (Å²) in [5, 5.41) is 6.95. The number of anilines is 1. The van der Waals surface area contributed by atoms with Crippen LogP contribution < -0.4 is 10.1 Å². The molecule has 0 saturated heterocycles. The van der Waals surface area contributed by atoms with Gasteiger partial charge in [0.25, 0.3) is 5.91 Å². The molecule has 3 rings (SSSR count). The molecule has 0 aliphatic rings.